The third-order valence-electron chi connectivity index (χ3n) is 6.36. The first-order chi connectivity index (χ1) is 20.7. The topological polar surface area (TPSA) is 96.5 Å². The summed E-state index contributed by atoms with van der Waals surface area (Å²) in [5, 5.41) is 8.91. The van der Waals surface area contributed by atoms with Crippen molar-refractivity contribution in [3.63, 3.8) is 0 Å². The molecule has 4 rings (SSSR count). The maximum Gasteiger partial charge on any atom is 0.272 e. The molecule has 0 aliphatic rings. The molecule has 0 radical (unpaired) electrons. The summed E-state index contributed by atoms with van der Waals surface area (Å²) in [6.07, 6.45) is 1.65. The van der Waals surface area contributed by atoms with Crippen molar-refractivity contribution < 1.29 is 19.1 Å². The summed E-state index contributed by atoms with van der Waals surface area (Å²) < 4.78 is 5.27. The number of hydrogen-bond acceptors (Lipinski definition) is 5. The molecule has 7 nitrogen and oxygen atoms in total. The highest BCUT2D eigenvalue weighted by molar-refractivity contribution is 8.00. The third-order valence-corrected chi connectivity index (χ3v) is 7.61. The van der Waals surface area contributed by atoms with Crippen LogP contribution in [0.2, 0.25) is 5.02 Å². The molecule has 0 aliphatic heterocycles. The molecule has 0 saturated carbocycles. The predicted molar refractivity (Wildman–Crippen MR) is 175 cm³/mol. The Hall–Kier alpha value is -4.53. The molecule has 0 atom stereocenters. The fourth-order valence-electron chi connectivity index (χ4n) is 4.03. The number of carbonyl (C=O) groups is 3. The van der Waals surface area contributed by atoms with Crippen LogP contribution in [-0.4, -0.2) is 30.6 Å². The van der Waals surface area contributed by atoms with E-state index < -0.39 is 5.91 Å². The highest BCUT2D eigenvalue weighted by Crippen LogP contribution is 2.28. The lowest BCUT2D eigenvalue weighted by Gasteiger charge is -2.12. The maximum atomic E-state index is 13.3. The van der Waals surface area contributed by atoms with Crippen molar-refractivity contribution in [2.75, 3.05) is 23.5 Å². The third kappa shape index (κ3) is 9.23. The Balaban J connectivity index is 1.42. The lowest BCUT2D eigenvalue weighted by molar-refractivity contribution is -0.114. The molecule has 9 heteroatoms. The Morgan fingerprint density at radius 3 is 2.23 bits per heavy atom. The summed E-state index contributed by atoms with van der Waals surface area (Å²) >= 11 is 7.39. The van der Waals surface area contributed by atoms with Gasteiger partial charge in [-0.05, 0) is 77.7 Å². The van der Waals surface area contributed by atoms with Gasteiger partial charge in [0.25, 0.3) is 11.8 Å². The van der Waals surface area contributed by atoms with E-state index in [1.165, 1.54) is 24.4 Å². The number of carbonyl (C=O) groups excluding carboxylic acids is 3. The van der Waals surface area contributed by atoms with Crippen LogP contribution in [0.3, 0.4) is 0 Å². The molecule has 0 spiro atoms. The van der Waals surface area contributed by atoms with E-state index in [1.54, 1.807) is 60.7 Å². The quantitative estimate of drug-likeness (QED) is 0.119. The summed E-state index contributed by atoms with van der Waals surface area (Å²) in [5.41, 5.74) is 3.54. The number of halogens is 1. The van der Waals surface area contributed by atoms with E-state index in [9.17, 15) is 14.4 Å². The van der Waals surface area contributed by atoms with E-state index in [1.807, 2.05) is 42.5 Å². The minimum atomic E-state index is -0.465. The van der Waals surface area contributed by atoms with Crippen molar-refractivity contribution in [3.8, 4) is 5.75 Å². The van der Waals surface area contributed by atoms with Crippen LogP contribution in [-0.2, 0) is 9.59 Å². The molecule has 0 fully saturated rings. The molecule has 0 bridgehead atoms. The Kier molecular flexibility index (Phi) is 11.0. The molecule has 4 aromatic rings. The molecule has 3 amide bonds. The second-order valence-corrected chi connectivity index (χ2v) is 11.3. The molecule has 220 valence electrons. The first kappa shape index (κ1) is 31.4. The zero-order valence-corrected chi connectivity index (χ0v) is 25.6. The minimum Gasteiger partial charge on any atom is -0.495 e. The Morgan fingerprint density at radius 1 is 0.884 bits per heavy atom. The standard InChI is InChI=1S/C34H32ClN3O4S/c1-22(2)24-11-9-23(10-12-24)19-30(38-33(40)25-7-5-4-6-8-25)34(41)36-27-14-16-28(17-15-27)43-21-32(39)37-29-20-26(35)13-18-31(29)42-3/h4-20,22H,21H2,1-3H3,(H,36,41)(H,37,39)(H,38,40)/b30-19-. The molecule has 0 aromatic heterocycles. The molecular formula is C34H32ClN3O4S. The van der Waals surface area contributed by atoms with Crippen LogP contribution in [0.4, 0.5) is 11.4 Å². The summed E-state index contributed by atoms with van der Waals surface area (Å²) in [5.74, 6) is -0.0126. The number of benzene rings is 4. The number of ether oxygens (including phenoxy) is 1. The van der Waals surface area contributed by atoms with E-state index in [0.717, 1.165) is 10.5 Å². The monoisotopic (exact) mass is 613 g/mol. The van der Waals surface area contributed by atoms with E-state index >= 15 is 0 Å². The molecule has 0 heterocycles. The van der Waals surface area contributed by atoms with Crippen molar-refractivity contribution >= 4 is 58.5 Å². The van der Waals surface area contributed by atoms with Gasteiger partial charge in [-0.3, -0.25) is 14.4 Å². The van der Waals surface area contributed by atoms with E-state index in [2.05, 4.69) is 29.8 Å². The van der Waals surface area contributed by atoms with Crippen LogP contribution in [0.5, 0.6) is 5.75 Å². The second kappa shape index (κ2) is 15.1. The minimum absolute atomic E-state index is 0.109. The smallest absolute Gasteiger partial charge is 0.272 e. The van der Waals surface area contributed by atoms with Gasteiger partial charge < -0.3 is 20.7 Å². The van der Waals surface area contributed by atoms with Crippen LogP contribution >= 0.6 is 23.4 Å². The van der Waals surface area contributed by atoms with E-state index in [4.69, 9.17) is 16.3 Å². The molecular weight excluding hydrogens is 582 g/mol. The van der Waals surface area contributed by atoms with Crippen molar-refractivity contribution in [3.05, 3.63) is 124 Å². The summed E-state index contributed by atoms with van der Waals surface area (Å²) in [7, 11) is 1.52. The van der Waals surface area contributed by atoms with Gasteiger partial charge in [0.1, 0.15) is 11.4 Å². The van der Waals surface area contributed by atoms with Gasteiger partial charge in [-0.2, -0.15) is 0 Å². The average molecular weight is 614 g/mol. The van der Waals surface area contributed by atoms with Gasteiger partial charge in [-0.25, -0.2) is 0 Å². The Morgan fingerprint density at radius 2 is 1.58 bits per heavy atom. The first-order valence-electron chi connectivity index (χ1n) is 13.6. The number of methoxy groups -OCH3 is 1. The van der Waals surface area contributed by atoms with Gasteiger partial charge >= 0.3 is 0 Å². The molecule has 4 aromatic carbocycles. The average Bonchev–Trinajstić information content (AvgIpc) is 3.01. The van der Waals surface area contributed by atoms with Crippen LogP contribution in [0.25, 0.3) is 6.08 Å². The summed E-state index contributed by atoms with van der Waals surface area (Å²) in [6.45, 7) is 4.22. The predicted octanol–water partition coefficient (Wildman–Crippen LogP) is 7.61. The second-order valence-electron chi connectivity index (χ2n) is 9.86. The van der Waals surface area contributed by atoms with Crippen molar-refractivity contribution in [1.29, 1.82) is 0 Å². The first-order valence-corrected chi connectivity index (χ1v) is 14.9. The van der Waals surface area contributed by atoms with Crippen molar-refractivity contribution in [2.24, 2.45) is 0 Å². The van der Waals surface area contributed by atoms with Crippen LogP contribution < -0.4 is 20.7 Å². The van der Waals surface area contributed by atoms with Gasteiger partial charge in [0.2, 0.25) is 5.91 Å². The summed E-state index contributed by atoms with van der Waals surface area (Å²) in [4.78, 5) is 39.6. The zero-order chi connectivity index (χ0) is 30.8. The number of anilines is 2. The SMILES string of the molecule is COc1ccc(Cl)cc1NC(=O)CSc1ccc(NC(=O)/C(=C/c2ccc(C(C)C)cc2)NC(=O)c2ccccc2)cc1. The maximum absolute atomic E-state index is 13.3. The van der Waals surface area contributed by atoms with Gasteiger partial charge in [-0.1, -0.05) is 67.9 Å². The number of amides is 3. The van der Waals surface area contributed by atoms with Crippen molar-refractivity contribution in [2.45, 2.75) is 24.7 Å². The number of nitrogens with one attached hydrogen (secondary N) is 3. The molecule has 43 heavy (non-hydrogen) atoms. The molecule has 0 aliphatic carbocycles. The van der Waals surface area contributed by atoms with E-state index in [-0.39, 0.29) is 23.3 Å². The van der Waals surface area contributed by atoms with Crippen molar-refractivity contribution in [1.82, 2.24) is 5.32 Å². The van der Waals surface area contributed by atoms with Crippen LogP contribution in [0.15, 0.2) is 108 Å². The lowest BCUT2D eigenvalue weighted by atomic mass is 10.0. The highest BCUT2D eigenvalue weighted by atomic mass is 35.5. The largest absolute Gasteiger partial charge is 0.495 e. The van der Waals surface area contributed by atoms with E-state index in [0.29, 0.717) is 33.6 Å². The Bertz CT molecular complexity index is 1610. The lowest BCUT2D eigenvalue weighted by Crippen LogP contribution is -2.30. The number of thioether (sulfide) groups is 1. The van der Waals surface area contributed by atoms with Gasteiger partial charge in [0.15, 0.2) is 0 Å². The van der Waals surface area contributed by atoms with Gasteiger partial charge in [0, 0.05) is 21.2 Å². The normalized spacial score (nSPS) is 11.1. The van der Waals surface area contributed by atoms with Gasteiger partial charge in [0.05, 0.1) is 18.6 Å². The molecule has 0 saturated heterocycles. The number of hydrogen-bond donors (Lipinski definition) is 3. The Labute approximate surface area is 260 Å². The van der Waals surface area contributed by atoms with Crippen LogP contribution in [0, 0.1) is 0 Å². The zero-order valence-electron chi connectivity index (χ0n) is 24.0. The summed E-state index contributed by atoms with van der Waals surface area (Å²) in [6, 6.07) is 28.7. The molecule has 3 N–H and O–H groups in total. The fourth-order valence-corrected chi connectivity index (χ4v) is 4.90. The highest BCUT2D eigenvalue weighted by Gasteiger charge is 2.16. The fraction of sp³-hybridized carbons (Fsp3) is 0.147. The number of rotatable bonds is 11. The van der Waals surface area contributed by atoms with Gasteiger partial charge in [-0.15, -0.1) is 11.8 Å². The van der Waals surface area contributed by atoms with Crippen LogP contribution in [0.1, 0.15) is 41.3 Å². The molecule has 0 unspecified atom stereocenters.